The van der Waals surface area contributed by atoms with E-state index < -0.39 is 23.3 Å². The number of benzene rings is 1. The summed E-state index contributed by atoms with van der Waals surface area (Å²) < 4.78 is 12.6. The Balaban J connectivity index is 2.96. The van der Waals surface area contributed by atoms with Crippen molar-refractivity contribution in [2.75, 3.05) is 0 Å². The third-order valence-corrected chi connectivity index (χ3v) is 1.98. The van der Waals surface area contributed by atoms with Crippen LogP contribution in [0.1, 0.15) is 16.8 Å². The number of ketones is 1. The summed E-state index contributed by atoms with van der Waals surface area (Å²) >= 11 is 10.6. The van der Waals surface area contributed by atoms with Crippen molar-refractivity contribution < 1.29 is 14.0 Å². The quantitative estimate of drug-likeness (QED) is 0.458. The minimum Gasteiger partial charge on any atom is -0.294 e. The lowest BCUT2D eigenvalue weighted by Crippen LogP contribution is -2.04. The summed E-state index contributed by atoms with van der Waals surface area (Å²) in [5.74, 6) is -1.06. The van der Waals surface area contributed by atoms with Crippen LogP contribution in [0.3, 0.4) is 0 Å². The smallest absolute Gasteiger partial charge is 0.229 e. The first-order valence-electron chi connectivity index (χ1n) is 3.67. The third kappa shape index (κ3) is 2.79. The van der Waals surface area contributed by atoms with E-state index >= 15 is 0 Å². The number of halogens is 3. The van der Waals surface area contributed by atoms with Crippen molar-refractivity contribution in [1.29, 1.82) is 0 Å². The summed E-state index contributed by atoms with van der Waals surface area (Å²) in [4.78, 5) is 21.7. The minimum atomic E-state index is -0.768. The van der Waals surface area contributed by atoms with Crippen LogP contribution in [0.15, 0.2) is 18.2 Å². The van der Waals surface area contributed by atoms with Crippen LogP contribution in [-0.2, 0) is 4.79 Å². The van der Waals surface area contributed by atoms with E-state index in [2.05, 4.69) is 0 Å². The zero-order valence-electron chi connectivity index (χ0n) is 6.89. The predicted octanol–water partition coefficient (Wildman–Crippen LogP) is 2.82. The van der Waals surface area contributed by atoms with E-state index in [1.807, 2.05) is 0 Å². The molecule has 0 amide bonds. The fourth-order valence-corrected chi connectivity index (χ4v) is 1.33. The molecule has 0 N–H and O–H groups in total. The maximum atomic E-state index is 12.6. The molecular formula is C9H5Cl2FO2. The Morgan fingerprint density at radius 2 is 2.00 bits per heavy atom. The van der Waals surface area contributed by atoms with Crippen molar-refractivity contribution in [2.45, 2.75) is 6.42 Å². The number of rotatable bonds is 3. The molecule has 1 aromatic carbocycles. The van der Waals surface area contributed by atoms with Crippen LogP contribution in [-0.4, -0.2) is 11.0 Å². The molecule has 0 aliphatic heterocycles. The molecule has 0 radical (unpaired) electrons. The Kier molecular flexibility index (Phi) is 3.61. The van der Waals surface area contributed by atoms with Gasteiger partial charge in [-0.05, 0) is 29.8 Å². The van der Waals surface area contributed by atoms with E-state index in [9.17, 15) is 14.0 Å². The molecule has 0 spiro atoms. The molecule has 0 unspecified atom stereocenters. The van der Waals surface area contributed by atoms with Gasteiger partial charge in [0.05, 0.1) is 11.4 Å². The normalized spacial score (nSPS) is 9.93. The Morgan fingerprint density at radius 3 is 2.50 bits per heavy atom. The average Bonchev–Trinajstić information content (AvgIpc) is 2.01. The minimum absolute atomic E-state index is 0.0204. The van der Waals surface area contributed by atoms with Gasteiger partial charge >= 0.3 is 0 Å². The molecule has 1 aromatic rings. The van der Waals surface area contributed by atoms with Gasteiger partial charge in [0.25, 0.3) is 0 Å². The van der Waals surface area contributed by atoms with Crippen LogP contribution in [0.25, 0.3) is 0 Å². The standard InChI is InChI=1S/C9H5Cl2FO2/c10-7-3-5(12)1-2-6(7)8(13)4-9(11)14/h1-3H,4H2. The van der Waals surface area contributed by atoms with Gasteiger partial charge in [-0.25, -0.2) is 4.39 Å². The maximum absolute atomic E-state index is 12.6. The number of carbonyl (C=O) groups is 2. The van der Waals surface area contributed by atoms with Crippen LogP contribution in [0.5, 0.6) is 0 Å². The highest BCUT2D eigenvalue weighted by atomic mass is 35.5. The summed E-state index contributed by atoms with van der Waals surface area (Å²) in [6.45, 7) is 0. The fourth-order valence-electron chi connectivity index (χ4n) is 0.937. The van der Waals surface area contributed by atoms with E-state index in [0.29, 0.717) is 0 Å². The summed E-state index contributed by atoms with van der Waals surface area (Å²) in [6, 6.07) is 3.32. The van der Waals surface area contributed by atoms with E-state index in [4.69, 9.17) is 23.2 Å². The molecule has 0 aliphatic carbocycles. The molecule has 0 saturated heterocycles. The lowest BCUT2D eigenvalue weighted by molar-refractivity contribution is -0.110. The molecule has 74 valence electrons. The molecule has 0 fully saturated rings. The van der Waals surface area contributed by atoms with Gasteiger partial charge in [-0.1, -0.05) is 11.6 Å². The number of hydrogen-bond acceptors (Lipinski definition) is 2. The summed E-state index contributed by atoms with van der Waals surface area (Å²) in [7, 11) is 0. The Labute approximate surface area is 89.6 Å². The van der Waals surface area contributed by atoms with Crippen LogP contribution in [0, 0.1) is 5.82 Å². The summed E-state index contributed by atoms with van der Waals surface area (Å²) in [5, 5.41) is -0.789. The van der Waals surface area contributed by atoms with Gasteiger partial charge < -0.3 is 0 Å². The second kappa shape index (κ2) is 4.53. The SMILES string of the molecule is O=C(Cl)CC(=O)c1ccc(F)cc1Cl. The third-order valence-electron chi connectivity index (χ3n) is 1.53. The largest absolute Gasteiger partial charge is 0.294 e. The monoisotopic (exact) mass is 234 g/mol. The molecular weight excluding hydrogens is 230 g/mol. The van der Waals surface area contributed by atoms with Crippen LogP contribution < -0.4 is 0 Å². The predicted molar refractivity (Wildman–Crippen MR) is 51.2 cm³/mol. The van der Waals surface area contributed by atoms with Crippen molar-refractivity contribution in [2.24, 2.45) is 0 Å². The molecule has 14 heavy (non-hydrogen) atoms. The summed E-state index contributed by atoms with van der Waals surface area (Å²) in [5.41, 5.74) is 0.0991. The highest BCUT2D eigenvalue weighted by molar-refractivity contribution is 6.65. The van der Waals surface area contributed by atoms with Crippen LogP contribution in [0.2, 0.25) is 5.02 Å². The highest BCUT2D eigenvalue weighted by Gasteiger charge is 2.13. The van der Waals surface area contributed by atoms with Gasteiger partial charge in [-0.2, -0.15) is 0 Å². The Hall–Kier alpha value is -0.930. The molecule has 5 heteroatoms. The number of carbonyl (C=O) groups excluding carboxylic acids is 2. The molecule has 2 nitrogen and oxygen atoms in total. The molecule has 0 saturated carbocycles. The molecule has 0 atom stereocenters. The van der Waals surface area contributed by atoms with Crippen LogP contribution >= 0.6 is 23.2 Å². The zero-order valence-corrected chi connectivity index (χ0v) is 8.40. The van der Waals surface area contributed by atoms with Crippen molar-refractivity contribution >= 4 is 34.2 Å². The van der Waals surface area contributed by atoms with Gasteiger partial charge in [0.1, 0.15) is 5.82 Å². The van der Waals surface area contributed by atoms with E-state index in [1.165, 1.54) is 6.07 Å². The first-order valence-corrected chi connectivity index (χ1v) is 4.43. The van der Waals surface area contributed by atoms with Crippen LogP contribution in [0.4, 0.5) is 4.39 Å². The van der Waals surface area contributed by atoms with Gasteiger partial charge in [0.2, 0.25) is 5.24 Å². The number of hydrogen-bond donors (Lipinski definition) is 0. The molecule has 1 rings (SSSR count). The average molecular weight is 235 g/mol. The van der Waals surface area contributed by atoms with E-state index in [1.54, 1.807) is 0 Å². The van der Waals surface area contributed by atoms with Crippen molar-refractivity contribution in [3.05, 3.63) is 34.6 Å². The fraction of sp³-hybridized carbons (Fsp3) is 0.111. The lowest BCUT2D eigenvalue weighted by Gasteiger charge is -2.00. The highest BCUT2D eigenvalue weighted by Crippen LogP contribution is 2.19. The van der Waals surface area contributed by atoms with Gasteiger partial charge in [0, 0.05) is 5.56 Å². The molecule has 0 aliphatic rings. The number of Topliss-reactive ketones (excluding diaryl/α,β-unsaturated/α-hetero) is 1. The lowest BCUT2D eigenvalue weighted by atomic mass is 10.1. The molecule has 0 heterocycles. The van der Waals surface area contributed by atoms with Gasteiger partial charge in [-0.3, -0.25) is 9.59 Å². The van der Waals surface area contributed by atoms with E-state index in [0.717, 1.165) is 12.1 Å². The second-order valence-corrected chi connectivity index (χ2v) is 3.41. The van der Waals surface area contributed by atoms with Gasteiger partial charge in [0.15, 0.2) is 5.78 Å². The van der Waals surface area contributed by atoms with Crippen molar-refractivity contribution in [3.8, 4) is 0 Å². The Bertz CT molecular complexity index is 390. The Morgan fingerprint density at radius 1 is 1.36 bits per heavy atom. The second-order valence-electron chi connectivity index (χ2n) is 2.58. The van der Waals surface area contributed by atoms with Crippen molar-refractivity contribution in [1.82, 2.24) is 0 Å². The van der Waals surface area contributed by atoms with E-state index in [-0.39, 0.29) is 10.6 Å². The molecule has 0 aromatic heterocycles. The maximum Gasteiger partial charge on any atom is 0.229 e. The summed E-state index contributed by atoms with van der Waals surface area (Å²) in [6.07, 6.45) is -0.438. The molecule has 0 bridgehead atoms. The topological polar surface area (TPSA) is 34.1 Å². The van der Waals surface area contributed by atoms with Crippen molar-refractivity contribution in [3.63, 3.8) is 0 Å². The first kappa shape index (κ1) is 11.1. The first-order chi connectivity index (χ1) is 6.50. The zero-order chi connectivity index (χ0) is 10.7. The van der Waals surface area contributed by atoms with Gasteiger partial charge in [-0.15, -0.1) is 0 Å².